The van der Waals surface area contributed by atoms with Crippen molar-refractivity contribution >= 4 is 11.8 Å². The van der Waals surface area contributed by atoms with Gasteiger partial charge in [-0.05, 0) is 31.6 Å². The van der Waals surface area contributed by atoms with Crippen LogP contribution in [0.5, 0.6) is 0 Å². The first kappa shape index (κ1) is 14.4. The quantitative estimate of drug-likeness (QED) is 0.781. The summed E-state index contributed by atoms with van der Waals surface area (Å²) in [6.45, 7) is 6.62. The molecule has 108 valence electrons. The first-order chi connectivity index (χ1) is 9.00. The number of hydrogen-bond acceptors (Lipinski definition) is 2. The van der Waals surface area contributed by atoms with Crippen molar-refractivity contribution in [2.24, 2.45) is 17.8 Å². The van der Waals surface area contributed by atoms with E-state index in [1.165, 1.54) is 0 Å². The number of piperidine rings is 2. The minimum atomic E-state index is 0.101. The van der Waals surface area contributed by atoms with Crippen LogP contribution in [0.2, 0.25) is 0 Å². The van der Waals surface area contributed by atoms with Crippen molar-refractivity contribution in [1.29, 1.82) is 0 Å². The maximum absolute atomic E-state index is 12.2. The molecule has 2 fully saturated rings. The zero-order chi connectivity index (χ0) is 14.0. The largest absolute Gasteiger partial charge is 0.346 e. The van der Waals surface area contributed by atoms with Gasteiger partial charge in [0.2, 0.25) is 11.8 Å². The number of amides is 2. The molecule has 2 amide bonds. The Morgan fingerprint density at radius 3 is 2.58 bits per heavy atom. The molecule has 0 saturated carbocycles. The van der Waals surface area contributed by atoms with Crippen LogP contribution in [0.1, 0.15) is 39.5 Å². The van der Waals surface area contributed by atoms with Gasteiger partial charge in [-0.1, -0.05) is 13.8 Å². The molecule has 0 aromatic rings. The number of likely N-dealkylation sites (tertiary alicyclic amines) is 2. The van der Waals surface area contributed by atoms with E-state index in [2.05, 4.69) is 6.92 Å². The fourth-order valence-electron chi connectivity index (χ4n) is 3.38. The van der Waals surface area contributed by atoms with E-state index >= 15 is 0 Å². The molecule has 2 saturated heterocycles. The summed E-state index contributed by atoms with van der Waals surface area (Å²) in [4.78, 5) is 28.1. The van der Waals surface area contributed by atoms with Gasteiger partial charge in [-0.2, -0.15) is 0 Å². The number of carbonyl (C=O) groups is 2. The molecule has 4 heteroatoms. The van der Waals surface area contributed by atoms with Crippen LogP contribution in [0.15, 0.2) is 0 Å². The highest BCUT2D eigenvalue weighted by molar-refractivity contribution is 5.80. The SMILES string of the molecule is CC(CN1CCC[C@H](C)C1=O)[C@@H]1CCCN(C)C1=O. The first-order valence-corrected chi connectivity index (χ1v) is 7.54. The number of carbonyl (C=O) groups excluding carboxylic acids is 2. The fraction of sp³-hybridized carbons (Fsp3) is 0.867. The third-order valence-electron chi connectivity index (χ3n) is 4.70. The molecule has 0 aromatic carbocycles. The third-order valence-corrected chi connectivity index (χ3v) is 4.70. The highest BCUT2D eigenvalue weighted by atomic mass is 16.2. The van der Waals surface area contributed by atoms with Gasteiger partial charge in [0.15, 0.2) is 0 Å². The van der Waals surface area contributed by atoms with Gasteiger partial charge in [0.1, 0.15) is 0 Å². The van der Waals surface area contributed by atoms with Crippen LogP contribution in [0, 0.1) is 17.8 Å². The number of rotatable bonds is 3. The van der Waals surface area contributed by atoms with E-state index in [0.717, 1.165) is 45.3 Å². The lowest BCUT2D eigenvalue weighted by atomic mass is 9.85. The molecule has 0 bridgehead atoms. The van der Waals surface area contributed by atoms with Crippen molar-refractivity contribution in [3.8, 4) is 0 Å². The summed E-state index contributed by atoms with van der Waals surface area (Å²) < 4.78 is 0. The molecular weight excluding hydrogens is 240 g/mol. The Labute approximate surface area is 116 Å². The van der Waals surface area contributed by atoms with Crippen molar-refractivity contribution in [1.82, 2.24) is 9.80 Å². The van der Waals surface area contributed by atoms with Crippen molar-refractivity contribution in [2.75, 3.05) is 26.7 Å². The van der Waals surface area contributed by atoms with E-state index in [0.29, 0.717) is 0 Å². The normalized spacial score (nSPS) is 30.7. The molecule has 0 aromatic heterocycles. The molecule has 2 rings (SSSR count). The van der Waals surface area contributed by atoms with Crippen molar-refractivity contribution in [2.45, 2.75) is 39.5 Å². The van der Waals surface area contributed by atoms with Gasteiger partial charge in [-0.25, -0.2) is 0 Å². The van der Waals surface area contributed by atoms with Gasteiger partial charge >= 0.3 is 0 Å². The van der Waals surface area contributed by atoms with Crippen LogP contribution in [0.3, 0.4) is 0 Å². The molecule has 3 atom stereocenters. The van der Waals surface area contributed by atoms with E-state index in [1.54, 1.807) is 0 Å². The molecule has 0 radical (unpaired) electrons. The van der Waals surface area contributed by atoms with Crippen LogP contribution in [0.4, 0.5) is 0 Å². The maximum Gasteiger partial charge on any atom is 0.225 e. The fourth-order valence-corrected chi connectivity index (χ4v) is 3.38. The van der Waals surface area contributed by atoms with Crippen LogP contribution < -0.4 is 0 Å². The number of hydrogen-bond donors (Lipinski definition) is 0. The Morgan fingerprint density at radius 1 is 1.16 bits per heavy atom. The van der Waals surface area contributed by atoms with Crippen molar-refractivity contribution < 1.29 is 9.59 Å². The molecule has 2 aliphatic rings. The summed E-state index contributed by atoms with van der Waals surface area (Å²) in [5, 5.41) is 0. The zero-order valence-corrected chi connectivity index (χ0v) is 12.4. The Morgan fingerprint density at radius 2 is 1.84 bits per heavy atom. The summed E-state index contributed by atoms with van der Waals surface area (Å²) in [5.74, 6) is 1.06. The molecule has 2 heterocycles. The maximum atomic E-state index is 12.2. The third kappa shape index (κ3) is 3.10. The lowest BCUT2D eigenvalue weighted by Crippen LogP contribution is -2.47. The van der Waals surface area contributed by atoms with Gasteiger partial charge in [-0.3, -0.25) is 9.59 Å². The minimum Gasteiger partial charge on any atom is -0.346 e. The Kier molecular flexibility index (Phi) is 4.48. The Hall–Kier alpha value is -1.06. The standard InChI is InChI=1S/C15H26N2O2/c1-11-6-4-9-17(14(11)18)10-12(2)13-7-5-8-16(3)15(13)19/h11-13H,4-10H2,1-3H3/t11-,12?,13-/m0/s1. The first-order valence-electron chi connectivity index (χ1n) is 7.54. The van der Waals surface area contributed by atoms with E-state index in [4.69, 9.17) is 0 Å². The molecule has 0 N–H and O–H groups in total. The zero-order valence-electron chi connectivity index (χ0n) is 12.4. The molecule has 1 unspecified atom stereocenters. The molecule has 4 nitrogen and oxygen atoms in total. The number of nitrogens with zero attached hydrogens (tertiary/aromatic N) is 2. The lowest BCUT2D eigenvalue weighted by Gasteiger charge is -2.37. The molecular formula is C15H26N2O2. The molecule has 19 heavy (non-hydrogen) atoms. The smallest absolute Gasteiger partial charge is 0.225 e. The summed E-state index contributed by atoms with van der Waals surface area (Å²) >= 11 is 0. The average molecular weight is 266 g/mol. The minimum absolute atomic E-state index is 0.101. The summed E-state index contributed by atoms with van der Waals surface area (Å²) in [6, 6.07) is 0. The van der Waals surface area contributed by atoms with Crippen LogP contribution in [-0.4, -0.2) is 48.3 Å². The van der Waals surface area contributed by atoms with Crippen LogP contribution >= 0.6 is 0 Å². The Balaban J connectivity index is 1.94. The predicted molar refractivity (Wildman–Crippen MR) is 74.5 cm³/mol. The monoisotopic (exact) mass is 266 g/mol. The molecule has 2 aliphatic heterocycles. The van der Waals surface area contributed by atoms with Crippen LogP contribution in [-0.2, 0) is 9.59 Å². The second-order valence-electron chi connectivity index (χ2n) is 6.31. The van der Waals surface area contributed by atoms with E-state index in [1.807, 2.05) is 23.8 Å². The van der Waals surface area contributed by atoms with Gasteiger partial charge in [0, 0.05) is 38.5 Å². The highest BCUT2D eigenvalue weighted by Crippen LogP contribution is 2.27. The van der Waals surface area contributed by atoms with Gasteiger partial charge in [-0.15, -0.1) is 0 Å². The van der Waals surface area contributed by atoms with E-state index in [-0.39, 0.29) is 29.6 Å². The Bertz CT molecular complexity index is 356. The second-order valence-corrected chi connectivity index (χ2v) is 6.31. The molecule has 0 aliphatic carbocycles. The van der Waals surface area contributed by atoms with Crippen molar-refractivity contribution in [3.05, 3.63) is 0 Å². The average Bonchev–Trinajstić information content (AvgIpc) is 2.38. The van der Waals surface area contributed by atoms with E-state index < -0.39 is 0 Å². The van der Waals surface area contributed by atoms with Crippen LogP contribution in [0.25, 0.3) is 0 Å². The highest BCUT2D eigenvalue weighted by Gasteiger charge is 2.34. The topological polar surface area (TPSA) is 40.6 Å². The van der Waals surface area contributed by atoms with Gasteiger partial charge in [0.25, 0.3) is 0 Å². The van der Waals surface area contributed by atoms with Crippen molar-refractivity contribution in [3.63, 3.8) is 0 Å². The lowest BCUT2D eigenvalue weighted by molar-refractivity contribution is -0.143. The summed E-state index contributed by atoms with van der Waals surface area (Å²) in [7, 11) is 1.88. The molecule has 0 spiro atoms. The van der Waals surface area contributed by atoms with Gasteiger partial charge in [0.05, 0.1) is 0 Å². The predicted octanol–water partition coefficient (Wildman–Crippen LogP) is 1.75. The second kappa shape index (κ2) is 5.93. The van der Waals surface area contributed by atoms with E-state index in [9.17, 15) is 9.59 Å². The van der Waals surface area contributed by atoms with Gasteiger partial charge < -0.3 is 9.80 Å². The summed E-state index contributed by atoms with van der Waals surface area (Å²) in [6.07, 6.45) is 4.16. The summed E-state index contributed by atoms with van der Waals surface area (Å²) in [5.41, 5.74) is 0.